The van der Waals surface area contributed by atoms with Crippen LogP contribution in [0.1, 0.15) is 17.3 Å². The maximum atomic E-state index is 12.0. The van der Waals surface area contributed by atoms with Crippen LogP contribution in [0.2, 0.25) is 10.0 Å². The number of benzene rings is 2. The van der Waals surface area contributed by atoms with E-state index in [9.17, 15) is 14.4 Å². The van der Waals surface area contributed by atoms with E-state index in [0.717, 1.165) is 0 Å². The van der Waals surface area contributed by atoms with Crippen LogP contribution in [-0.4, -0.2) is 29.5 Å². The van der Waals surface area contributed by atoms with E-state index in [1.807, 2.05) is 0 Å². The normalized spacial score (nSPS) is 11.4. The molecule has 3 N–H and O–H groups in total. The largest absolute Gasteiger partial charge is 0.340 e. The van der Waals surface area contributed by atoms with E-state index in [4.69, 9.17) is 23.2 Å². The van der Waals surface area contributed by atoms with E-state index < -0.39 is 17.9 Å². The Bertz CT molecular complexity index is 834. The molecule has 0 aliphatic carbocycles. The van der Waals surface area contributed by atoms with Gasteiger partial charge in [-0.25, -0.2) is 0 Å². The van der Waals surface area contributed by atoms with E-state index >= 15 is 0 Å². The van der Waals surface area contributed by atoms with Crippen LogP contribution in [-0.2, 0) is 9.59 Å². The second kappa shape index (κ2) is 10.2. The lowest BCUT2D eigenvalue weighted by Gasteiger charge is -2.14. The highest BCUT2D eigenvalue weighted by atomic mass is 35.5. The van der Waals surface area contributed by atoms with Crippen molar-refractivity contribution in [1.82, 2.24) is 16.2 Å². The number of nitrogens with one attached hydrogen (secondary N) is 3. The van der Waals surface area contributed by atoms with Crippen LogP contribution in [0.4, 0.5) is 0 Å². The minimum Gasteiger partial charge on any atom is -0.340 e. The summed E-state index contributed by atoms with van der Waals surface area (Å²) in [6.07, 6.45) is 0. The fraction of sp³-hybridized carbons (Fsp3) is 0.167. The SMILES string of the molecule is CC(NC(=O)c1ccccc1)C(=O)NNC(=O)CSc1cc(Cl)ccc1Cl. The molecular formula is C18H17Cl2N3O3S. The van der Waals surface area contributed by atoms with E-state index in [1.54, 1.807) is 48.5 Å². The average molecular weight is 426 g/mol. The van der Waals surface area contributed by atoms with Gasteiger partial charge in [-0.2, -0.15) is 0 Å². The van der Waals surface area contributed by atoms with Gasteiger partial charge in [0, 0.05) is 15.5 Å². The summed E-state index contributed by atoms with van der Waals surface area (Å²) in [4.78, 5) is 36.5. The molecular weight excluding hydrogens is 409 g/mol. The molecule has 0 heterocycles. The number of thioether (sulfide) groups is 1. The first kappa shape index (κ1) is 21.1. The monoisotopic (exact) mass is 425 g/mol. The standard InChI is InChI=1S/C18H17Cl2N3O3S/c1-11(21-18(26)12-5-3-2-4-6-12)17(25)23-22-16(24)10-27-15-9-13(19)7-8-14(15)20/h2-9,11H,10H2,1H3,(H,21,26)(H,22,24)(H,23,25). The number of halogens is 2. The molecule has 0 aromatic heterocycles. The fourth-order valence-corrected chi connectivity index (χ4v) is 3.23. The number of carbonyl (C=O) groups excluding carboxylic acids is 3. The van der Waals surface area contributed by atoms with Crippen LogP contribution >= 0.6 is 35.0 Å². The first-order valence-electron chi connectivity index (χ1n) is 7.89. The second-order valence-electron chi connectivity index (χ2n) is 5.46. The maximum absolute atomic E-state index is 12.0. The molecule has 0 aliphatic heterocycles. The highest BCUT2D eigenvalue weighted by Gasteiger charge is 2.17. The molecule has 0 bridgehead atoms. The van der Waals surface area contributed by atoms with Crippen LogP contribution in [0.15, 0.2) is 53.4 Å². The first-order chi connectivity index (χ1) is 12.9. The third kappa shape index (κ3) is 6.78. The van der Waals surface area contributed by atoms with Crippen LogP contribution in [0.25, 0.3) is 0 Å². The third-order valence-electron chi connectivity index (χ3n) is 3.35. The topological polar surface area (TPSA) is 87.3 Å². The molecule has 9 heteroatoms. The van der Waals surface area contributed by atoms with Crippen molar-refractivity contribution < 1.29 is 14.4 Å². The van der Waals surface area contributed by atoms with Crippen LogP contribution < -0.4 is 16.2 Å². The Morgan fingerprint density at radius 2 is 1.74 bits per heavy atom. The number of hydrazine groups is 1. The van der Waals surface area contributed by atoms with E-state index in [2.05, 4.69) is 16.2 Å². The Balaban J connectivity index is 1.76. The summed E-state index contributed by atoms with van der Waals surface area (Å²) in [5.74, 6) is -1.31. The number of hydrogen-bond acceptors (Lipinski definition) is 4. The molecule has 1 unspecified atom stereocenters. The van der Waals surface area contributed by atoms with Crippen molar-refractivity contribution in [3.05, 3.63) is 64.1 Å². The molecule has 2 aromatic carbocycles. The zero-order valence-corrected chi connectivity index (χ0v) is 16.6. The van der Waals surface area contributed by atoms with Crippen molar-refractivity contribution in [2.75, 3.05) is 5.75 Å². The van der Waals surface area contributed by atoms with Gasteiger partial charge in [0.25, 0.3) is 11.8 Å². The molecule has 6 nitrogen and oxygen atoms in total. The maximum Gasteiger partial charge on any atom is 0.260 e. The molecule has 3 amide bonds. The Hall–Kier alpha value is -2.22. The van der Waals surface area contributed by atoms with E-state index in [0.29, 0.717) is 20.5 Å². The lowest BCUT2D eigenvalue weighted by molar-refractivity contribution is -0.128. The van der Waals surface area contributed by atoms with E-state index in [1.165, 1.54) is 18.7 Å². The van der Waals surface area contributed by atoms with Crippen LogP contribution in [0.5, 0.6) is 0 Å². The smallest absolute Gasteiger partial charge is 0.260 e. The molecule has 0 spiro atoms. The van der Waals surface area contributed by atoms with Crippen molar-refractivity contribution in [2.24, 2.45) is 0 Å². The fourth-order valence-electron chi connectivity index (χ4n) is 1.94. The van der Waals surface area contributed by atoms with Crippen molar-refractivity contribution in [2.45, 2.75) is 17.9 Å². The molecule has 0 saturated heterocycles. The van der Waals surface area contributed by atoms with Crippen molar-refractivity contribution in [3.8, 4) is 0 Å². The van der Waals surface area contributed by atoms with Gasteiger partial charge in [0.15, 0.2) is 0 Å². The van der Waals surface area contributed by atoms with Crippen LogP contribution in [0, 0.1) is 0 Å². The number of amides is 3. The molecule has 2 aromatic rings. The highest BCUT2D eigenvalue weighted by molar-refractivity contribution is 8.00. The van der Waals surface area contributed by atoms with Gasteiger partial charge in [-0.3, -0.25) is 25.2 Å². The van der Waals surface area contributed by atoms with Crippen molar-refractivity contribution in [1.29, 1.82) is 0 Å². The summed E-state index contributed by atoms with van der Waals surface area (Å²) in [5, 5.41) is 3.55. The van der Waals surface area contributed by atoms with Gasteiger partial charge in [-0.15, -0.1) is 11.8 Å². The first-order valence-corrected chi connectivity index (χ1v) is 9.63. The molecule has 27 heavy (non-hydrogen) atoms. The van der Waals surface area contributed by atoms with Gasteiger partial charge >= 0.3 is 0 Å². The molecule has 1 atom stereocenters. The Labute approximate surface area is 171 Å². The molecule has 0 fully saturated rings. The number of rotatable bonds is 6. The molecule has 0 aliphatic rings. The lowest BCUT2D eigenvalue weighted by atomic mass is 10.2. The summed E-state index contributed by atoms with van der Waals surface area (Å²) in [6, 6.07) is 12.6. The summed E-state index contributed by atoms with van der Waals surface area (Å²) in [5.41, 5.74) is 5.01. The van der Waals surface area contributed by atoms with Crippen molar-refractivity contribution in [3.63, 3.8) is 0 Å². The summed E-state index contributed by atoms with van der Waals surface area (Å²) < 4.78 is 0. The highest BCUT2D eigenvalue weighted by Crippen LogP contribution is 2.29. The zero-order chi connectivity index (χ0) is 19.8. The van der Waals surface area contributed by atoms with Gasteiger partial charge in [0.2, 0.25) is 5.91 Å². The molecule has 2 rings (SSSR count). The van der Waals surface area contributed by atoms with Gasteiger partial charge in [0.05, 0.1) is 10.8 Å². The zero-order valence-electron chi connectivity index (χ0n) is 14.3. The van der Waals surface area contributed by atoms with Gasteiger partial charge < -0.3 is 5.32 Å². The van der Waals surface area contributed by atoms with Gasteiger partial charge in [-0.05, 0) is 37.3 Å². The minimum absolute atomic E-state index is 0.0328. The Morgan fingerprint density at radius 1 is 1.04 bits per heavy atom. The minimum atomic E-state index is -0.826. The van der Waals surface area contributed by atoms with Gasteiger partial charge in [-0.1, -0.05) is 41.4 Å². The van der Waals surface area contributed by atoms with E-state index in [-0.39, 0.29) is 11.7 Å². The quantitative estimate of drug-likeness (QED) is 0.490. The summed E-state index contributed by atoms with van der Waals surface area (Å²) >= 11 is 13.1. The third-order valence-corrected chi connectivity index (χ3v) is 5.09. The molecule has 142 valence electrons. The molecule has 0 radical (unpaired) electrons. The predicted octanol–water partition coefficient (Wildman–Crippen LogP) is 3.05. The number of hydrogen-bond donors (Lipinski definition) is 3. The molecule has 0 saturated carbocycles. The second-order valence-corrected chi connectivity index (χ2v) is 7.32. The summed E-state index contributed by atoms with van der Waals surface area (Å²) in [7, 11) is 0. The van der Waals surface area contributed by atoms with Crippen LogP contribution in [0.3, 0.4) is 0 Å². The lowest BCUT2D eigenvalue weighted by Crippen LogP contribution is -2.51. The summed E-state index contributed by atoms with van der Waals surface area (Å²) in [6.45, 7) is 1.52. The Kier molecular flexibility index (Phi) is 7.97. The Morgan fingerprint density at radius 3 is 2.44 bits per heavy atom. The average Bonchev–Trinajstić information content (AvgIpc) is 2.67. The van der Waals surface area contributed by atoms with Crippen molar-refractivity contribution >= 4 is 52.7 Å². The van der Waals surface area contributed by atoms with Gasteiger partial charge in [0.1, 0.15) is 6.04 Å². The number of carbonyl (C=O) groups is 3. The predicted molar refractivity (Wildman–Crippen MR) is 107 cm³/mol.